The summed E-state index contributed by atoms with van der Waals surface area (Å²) in [5, 5.41) is 0. The first-order valence-electron chi connectivity index (χ1n) is 7.43. The van der Waals surface area contributed by atoms with E-state index in [1.54, 1.807) is 0 Å². The first kappa shape index (κ1) is 16.9. The van der Waals surface area contributed by atoms with Crippen molar-refractivity contribution < 1.29 is 0 Å². The molecule has 104 valence electrons. The molecule has 2 nitrogen and oxygen atoms in total. The maximum Gasteiger partial charge on any atom is 0.00483 e. The Hall–Kier alpha value is -0.0800. The van der Waals surface area contributed by atoms with Crippen LogP contribution < -0.4 is 5.73 Å². The van der Waals surface area contributed by atoms with E-state index < -0.39 is 0 Å². The van der Waals surface area contributed by atoms with Gasteiger partial charge in [-0.3, -0.25) is 0 Å². The Kier molecular flexibility index (Phi) is 9.85. The summed E-state index contributed by atoms with van der Waals surface area (Å²) >= 11 is 0. The number of nitrogens with zero attached hydrogens (tertiary/aromatic N) is 1. The van der Waals surface area contributed by atoms with Crippen LogP contribution in [0.15, 0.2) is 0 Å². The highest BCUT2D eigenvalue weighted by Crippen LogP contribution is 2.08. The summed E-state index contributed by atoms with van der Waals surface area (Å²) < 4.78 is 0. The predicted molar refractivity (Wildman–Crippen MR) is 78.2 cm³/mol. The van der Waals surface area contributed by atoms with E-state index >= 15 is 0 Å². The van der Waals surface area contributed by atoms with Crippen molar-refractivity contribution in [1.82, 2.24) is 4.90 Å². The van der Waals surface area contributed by atoms with Gasteiger partial charge in [-0.15, -0.1) is 0 Å². The maximum atomic E-state index is 6.01. The Morgan fingerprint density at radius 1 is 0.824 bits per heavy atom. The second-order valence-electron chi connectivity index (χ2n) is 6.16. The predicted octanol–water partition coefficient (Wildman–Crippen LogP) is 3.51. The van der Waals surface area contributed by atoms with Crippen LogP contribution in [0.25, 0.3) is 0 Å². The van der Waals surface area contributed by atoms with Gasteiger partial charge in [-0.1, -0.05) is 34.6 Å². The van der Waals surface area contributed by atoms with E-state index in [9.17, 15) is 0 Å². The van der Waals surface area contributed by atoms with Crippen molar-refractivity contribution in [2.75, 3.05) is 19.6 Å². The Labute approximate surface area is 109 Å². The third kappa shape index (κ3) is 10.8. The zero-order valence-electron chi connectivity index (χ0n) is 12.7. The lowest BCUT2D eigenvalue weighted by Gasteiger charge is -2.25. The lowest BCUT2D eigenvalue weighted by atomic mass is 10.1. The van der Waals surface area contributed by atoms with Crippen LogP contribution in [0.1, 0.15) is 60.3 Å². The van der Waals surface area contributed by atoms with Crippen LogP contribution in [0.2, 0.25) is 0 Å². The van der Waals surface area contributed by atoms with Gasteiger partial charge in [0.1, 0.15) is 0 Å². The zero-order chi connectivity index (χ0) is 13.3. The van der Waals surface area contributed by atoms with E-state index in [1.807, 2.05) is 0 Å². The highest BCUT2D eigenvalue weighted by molar-refractivity contribution is 4.66. The summed E-state index contributed by atoms with van der Waals surface area (Å²) in [6.45, 7) is 15.0. The van der Waals surface area contributed by atoms with E-state index in [0.717, 1.165) is 24.7 Å². The molecule has 0 amide bonds. The third-order valence-corrected chi connectivity index (χ3v) is 3.39. The van der Waals surface area contributed by atoms with Gasteiger partial charge in [0.05, 0.1) is 0 Å². The van der Waals surface area contributed by atoms with Gasteiger partial charge < -0.3 is 10.6 Å². The summed E-state index contributed by atoms with van der Waals surface area (Å²) in [6, 6.07) is 0.385. The minimum absolute atomic E-state index is 0.385. The third-order valence-electron chi connectivity index (χ3n) is 3.39. The Morgan fingerprint density at radius 2 is 1.24 bits per heavy atom. The molecule has 0 aliphatic carbocycles. The molecule has 0 aliphatic rings. The average molecular weight is 242 g/mol. The van der Waals surface area contributed by atoms with Crippen LogP contribution in [-0.2, 0) is 0 Å². The molecule has 0 aromatic carbocycles. The fourth-order valence-electron chi connectivity index (χ4n) is 1.77. The first-order chi connectivity index (χ1) is 7.95. The maximum absolute atomic E-state index is 6.01. The van der Waals surface area contributed by atoms with Crippen molar-refractivity contribution in [3.63, 3.8) is 0 Å². The Bertz CT molecular complexity index is 154. The van der Waals surface area contributed by atoms with Crippen molar-refractivity contribution in [2.24, 2.45) is 17.6 Å². The van der Waals surface area contributed by atoms with Crippen LogP contribution in [0.3, 0.4) is 0 Å². The molecule has 0 rings (SSSR count). The smallest absolute Gasteiger partial charge is 0.00483 e. The second kappa shape index (κ2) is 9.90. The summed E-state index contributed by atoms with van der Waals surface area (Å²) in [5.74, 6) is 1.60. The molecular weight excluding hydrogens is 208 g/mol. The molecule has 1 unspecified atom stereocenters. The van der Waals surface area contributed by atoms with Crippen molar-refractivity contribution in [1.29, 1.82) is 0 Å². The van der Waals surface area contributed by atoms with Gasteiger partial charge >= 0.3 is 0 Å². The zero-order valence-corrected chi connectivity index (χ0v) is 12.7. The van der Waals surface area contributed by atoms with Crippen LogP contribution >= 0.6 is 0 Å². The molecule has 0 aromatic rings. The molecule has 2 heteroatoms. The van der Waals surface area contributed by atoms with Crippen LogP contribution in [0.5, 0.6) is 0 Å². The molecule has 0 saturated carbocycles. The SMILES string of the molecule is CCC(N)CCN(CCC(C)C)CCC(C)C. The van der Waals surface area contributed by atoms with E-state index in [4.69, 9.17) is 5.73 Å². The lowest BCUT2D eigenvalue weighted by molar-refractivity contribution is 0.234. The monoisotopic (exact) mass is 242 g/mol. The van der Waals surface area contributed by atoms with E-state index in [2.05, 4.69) is 39.5 Å². The summed E-state index contributed by atoms with van der Waals surface area (Å²) in [7, 11) is 0. The van der Waals surface area contributed by atoms with Gasteiger partial charge in [0.2, 0.25) is 0 Å². The lowest BCUT2D eigenvalue weighted by Crippen LogP contribution is -2.32. The van der Waals surface area contributed by atoms with Gasteiger partial charge in [-0.2, -0.15) is 0 Å². The fourth-order valence-corrected chi connectivity index (χ4v) is 1.77. The van der Waals surface area contributed by atoms with Crippen molar-refractivity contribution in [3.8, 4) is 0 Å². The standard InChI is InChI=1S/C15H34N2/c1-6-15(16)9-12-17(10-7-13(2)3)11-8-14(4)5/h13-15H,6-12,16H2,1-5H3. The van der Waals surface area contributed by atoms with Crippen molar-refractivity contribution >= 4 is 0 Å². The minimum Gasteiger partial charge on any atom is -0.328 e. The molecule has 0 spiro atoms. The summed E-state index contributed by atoms with van der Waals surface area (Å²) in [4.78, 5) is 2.61. The van der Waals surface area contributed by atoms with Gasteiger partial charge in [0.25, 0.3) is 0 Å². The first-order valence-corrected chi connectivity index (χ1v) is 7.43. The topological polar surface area (TPSA) is 29.3 Å². The molecule has 0 saturated heterocycles. The van der Waals surface area contributed by atoms with Gasteiger partial charge in [-0.05, 0) is 57.2 Å². The highest BCUT2D eigenvalue weighted by atomic mass is 15.1. The van der Waals surface area contributed by atoms with Gasteiger partial charge in [-0.25, -0.2) is 0 Å². The minimum atomic E-state index is 0.385. The molecule has 0 fully saturated rings. The summed E-state index contributed by atoms with van der Waals surface area (Å²) in [5.41, 5.74) is 6.01. The Morgan fingerprint density at radius 3 is 1.59 bits per heavy atom. The number of rotatable bonds is 10. The van der Waals surface area contributed by atoms with E-state index in [0.29, 0.717) is 6.04 Å². The van der Waals surface area contributed by atoms with Crippen LogP contribution in [0.4, 0.5) is 0 Å². The molecule has 0 bridgehead atoms. The highest BCUT2D eigenvalue weighted by Gasteiger charge is 2.09. The van der Waals surface area contributed by atoms with Gasteiger partial charge in [0.15, 0.2) is 0 Å². The molecule has 17 heavy (non-hydrogen) atoms. The summed E-state index contributed by atoms with van der Waals surface area (Å²) in [6.07, 6.45) is 4.85. The molecule has 0 aromatic heterocycles. The largest absolute Gasteiger partial charge is 0.328 e. The molecule has 0 radical (unpaired) electrons. The molecule has 0 heterocycles. The molecule has 2 N–H and O–H groups in total. The van der Waals surface area contributed by atoms with Crippen molar-refractivity contribution in [3.05, 3.63) is 0 Å². The molecule has 0 aliphatic heterocycles. The van der Waals surface area contributed by atoms with Crippen molar-refractivity contribution in [2.45, 2.75) is 66.3 Å². The van der Waals surface area contributed by atoms with E-state index in [-0.39, 0.29) is 0 Å². The number of nitrogens with two attached hydrogens (primary N) is 1. The average Bonchev–Trinajstić information content (AvgIpc) is 2.26. The number of hydrogen-bond acceptors (Lipinski definition) is 2. The number of hydrogen-bond donors (Lipinski definition) is 1. The molecular formula is C15H34N2. The molecule has 1 atom stereocenters. The van der Waals surface area contributed by atoms with Crippen LogP contribution in [-0.4, -0.2) is 30.6 Å². The van der Waals surface area contributed by atoms with Crippen LogP contribution in [0, 0.1) is 11.8 Å². The second-order valence-corrected chi connectivity index (χ2v) is 6.16. The fraction of sp³-hybridized carbons (Fsp3) is 1.00. The quantitative estimate of drug-likeness (QED) is 0.635. The van der Waals surface area contributed by atoms with E-state index in [1.165, 1.54) is 32.5 Å². The normalized spacial score (nSPS) is 13.9. The van der Waals surface area contributed by atoms with Gasteiger partial charge in [0, 0.05) is 6.04 Å². The Balaban J connectivity index is 3.92.